The molecule has 0 aromatic rings. The highest BCUT2D eigenvalue weighted by Gasteiger charge is 2.65. The van der Waals surface area contributed by atoms with Gasteiger partial charge in [0.25, 0.3) is 0 Å². The summed E-state index contributed by atoms with van der Waals surface area (Å²) in [5.74, 6) is -10.4. The minimum absolute atomic E-state index is 0.210. The summed E-state index contributed by atoms with van der Waals surface area (Å²) in [5.41, 5.74) is 0. The fourth-order valence-corrected chi connectivity index (χ4v) is 0.941. The van der Waals surface area contributed by atoms with Gasteiger partial charge in [0, 0.05) is 0 Å². The number of carbonyl (C=O) groups excluding carboxylic acids is 1. The molecule has 0 fully saturated rings. The Kier molecular flexibility index (Phi) is 5.50. The Balaban J connectivity index is 4.75. The number of hydrogen-bond donors (Lipinski definition) is 1. The predicted molar refractivity (Wildman–Crippen MR) is 48.0 cm³/mol. The summed E-state index contributed by atoms with van der Waals surface area (Å²) >= 11 is 0. The van der Waals surface area contributed by atoms with E-state index < -0.39 is 30.1 Å². The zero-order valence-electron chi connectivity index (χ0n) is 9.26. The number of carbonyl (C=O) groups is 2. The quantitative estimate of drug-likeness (QED) is 0.598. The van der Waals surface area contributed by atoms with Gasteiger partial charge in [0.15, 0.2) is 6.10 Å². The van der Waals surface area contributed by atoms with E-state index in [9.17, 15) is 31.5 Å². The highest BCUT2D eigenvalue weighted by molar-refractivity contribution is 5.82. The van der Waals surface area contributed by atoms with Crippen LogP contribution in [0, 0.1) is 0 Å². The van der Waals surface area contributed by atoms with Crippen LogP contribution in [0.1, 0.15) is 26.2 Å². The standard InChI is InChI=1S/C9H11F5O4/c1-2-3-4-5(6(15)16)18-7(17)8(10,11)9(12,13)14/h5H,2-4H2,1H3,(H,15,16). The Bertz CT molecular complexity index is 313. The smallest absolute Gasteiger partial charge is 0.465 e. The van der Waals surface area contributed by atoms with Crippen molar-refractivity contribution in [1.29, 1.82) is 0 Å². The Morgan fingerprint density at radius 2 is 1.72 bits per heavy atom. The van der Waals surface area contributed by atoms with Crippen LogP contribution < -0.4 is 0 Å². The average molecular weight is 278 g/mol. The van der Waals surface area contributed by atoms with Crippen LogP contribution in [-0.4, -0.2) is 35.2 Å². The van der Waals surface area contributed by atoms with Crippen molar-refractivity contribution in [1.82, 2.24) is 0 Å². The van der Waals surface area contributed by atoms with Crippen molar-refractivity contribution in [2.24, 2.45) is 0 Å². The van der Waals surface area contributed by atoms with Crippen LogP contribution in [0.15, 0.2) is 0 Å². The number of carboxylic acids is 1. The molecule has 0 aromatic heterocycles. The highest BCUT2D eigenvalue weighted by atomic mass is 19.4. The molecule has 0 aromatic carbocycles. The monoisotopic (exact) mass is 278 g/mol. The Labute approximate surface area is 98.7 Å². The molecule has 1 unspecified atom stereocenters. The van der Waals surface area contributed by atoms with Crippen LogP contribution in [0.3, 0.4) is 0 Å². The molecule has 4 nitrogen and oxygen atoms in total. The molecule has 0 aliphatic carbocycles. The van der Waals surface area contributed by atoms with E-state index in [4.69, 9.17) is 5.11 Å². The van der Waals surface area contributed by atoms with Gasteiger partial charge in [-0.1, -0.05) is 13.3 Å². The minimum atomic E-state index is -6.11. The number of halogens is 5. The lowest BCUT2D eigenvalue weighted by molar-refractivity contribution is -0.282. The van der Waals surface area contributed by atoms with Crippen molar-refractivity contribution >= 4 is 11.9 Å². The number of esters is 1. The average Bonchev–Trinajstić information content (AvgIpc) is 2.21. The highest BCUT2D eigenvalue weighted by Crippen LogP contribution is 2.36. The number of ether oxygens (including phenoxy) is 1. The molecule has 18 heavy (non-hydrogen) atoms. The summed E-state index contributed by atoms with van der Waals surface area (Å²) in [4.78, 5) is 21.1. The van der Waals surface area contributed by atoms with Gasteiger partial charge in [0.05, 0.1) is 0 Å². The van der Waals surface area contributed by atoms with Crippen molar-refractivity contribution in [3.63, 3.8) is 0 Å². The first kappa shape index (κ1) is 16.6. The second-order valence-corrected chi connectivity index (χ2v) is 3.45. The molecule has 0 amide bonds. The molecule has 0 spiro atoms. The van der Waals surface area contributed by atoms with Crippen LogP contribution in [0.25, 0.3) is 0 Å². The van der Waals surface area contributed by atoms with E-state index in [0.717, 1.165) is 0 Å². The van der Waals surface area contributed by atoms with Gasteiger partial charge in [-0.25, -0.2) is 9.59 Å². The van der Waals surface area contributed by atoms with Gasteiger partial charge in [-0.15, -0.1) is 0 Å². The van der Waals surface area contributed by atoms with E-state index in [-0.39, 0.29) is 12.8 Å². The molecule has 0 aliphatic rings. The summed E-state index contributed by atoms with van der Waals surface area (Å²) in [5, 5.41) is 8.51. The summed E-state index contributed by atoms with van der Waals surface area (Å²) < 4.78 is 64.0. The lowest BCUT2D eigenvalue weighted by atomic mass is 10.1. The van der Waals surface area contributed by atoms with E-state index in [2.05, 4.69) is 4.74 Å². The van der Waals surface area contributed by atoms with E-state index in [1.54, 1.807) is 6.92 Å². The number of carboxylic acid groups (broad SMARTS) is 1. The van der Waals surface area contributed by atoms with E-state index in [1.165, 1.54) is 0 Å². The molecule has 0 bridgehead atoms. The number of hydrogen-bond acceptors (Lipinski definition) is 3. The van der Waals surface area contributed by atoms with E-state index in [0.29, 0.717) is 6.42 Å². The number of rotatable bonds is 6. The Morgan fingerprint density at radius 3 is 2.06 bits per heavy atom. The van der Waals surface area contributed by atoms with Crippen LogP contribution in [0.4, 0.5) is 22.0 Å². The maximum absolute atomic E-state index is 12.5. The van der Waals surface area contributed by atoms with E-state index >= 15 is 0 Å². The number of alkyl halides is 5. The van der Waals surface area contributed by atoms with Gasteiger partial charge in [-0.3, -0.25) is 0 Å². The maximum atomic E-state index is 12.5. The van der Waals surface area contributed by atoms with E-state index in [1.807, 2.05) is 0 Å². The molecule has 0 heterocycles. The molecule has 0 saturated carbocycles. The fourth-order valence-electron chi connectivity index (χ4n) is 0.941. The zero-order valence-corrected chi connectivity index (χ0v) is 9.26. The van der Waals surface area contributed by atoms with Crippen molar-refractivity contribution < 1.29 is 41.4 Å². The van der Waals surface area contributed by atoms with Crippen molar-refractivity contribution in [3.8, 4) is 0 Å². The third-order valence-electron chi connectivity index (χ3n) is 1.96. The van der Waals surface area contributed by atoms with Crippen molar-refractivity contribution in [2.75, 3.05) is 0 Å². The second kappa shape index (κ2) is 5.96. The molecular weight excluding hydrogens is 267 g/mol. The van der Waals surface area contributed by atoms with Gasteiger partial charge in [0.1, 0.15) is 0 Å². The van der Waals surface area contributed by atoms with Crippen LogP contribution >= 0.6 is 0 Å². The normalized spacial score (nSPS) is 14.1. The van der Waals surface area contributed by atoms with Gasteiger partial charge < -0.3 is 9.84 Å². The summed E-state index contributed by atoms with van der Waals surface area (Å²) in [7, 11) is 0. The van der Waals surface area contributed by atoms with Crippen molar-refractivity contribution in [2.45, 2.75) is 44.4 Å². The zero-order chi connectivity index (χ0) is 14.6. The predicted octanol–water partition coefficient (Wildman–Crippen LogP) is 2.37. The molecule has 9 heteroatoms. The molecular formula is C9H11F5O4. The molecule has 0 rings (SSSR count). The van der Waals surface area contributed by atoms with Gasteiger partial charge in [-0.2, -0.15) is 22.0 Å². The van der Waals surface area contributed by atoms with Gasteiger partial charge in [-0.05, 0) is 12.8 Å². The Morgan fingerprint density at radius 1 is 1.22 bits per heavy atom. The minimum Gasteiger partial charge on any atom is -0.479 e. The molecule has 1 atom stereocenters. The largest absolute Gasteiger partial charge is 0.479 e. The molecule has 1 N–H and O–H groups in total. The first-order valence-electron chi connectivity index (χ1n) is 4.92. The molecule has 0 aliphatic heterocycles. The summed E-state index contributed by atoms with van der Waals surface area (Å²) in [6.45, 7) is 1.64. The summed E-state index contributed by atoms with van der Waals surface area (Å²) in [6, 6.07) is 0. The van der Waals surface area contributed by atoms with Crippen molar-refractivity contribution in [3.05, 3.63) is 0 Å². The van der Waals surface area contributed by atoms with Crippen LogP contribution in [-0.2, 0) is 14.3 Å². The third-order valence-corrected chi connectivity index (χ3v) is 1.96. The third kappa shape index (κ3) is 4.11. The first-order chi connectivity index (χ1) is 8.04. The summed E-state index contributed by atoms with van der Waals surface area (Å²) in [6.07, 6.45) is -7.77. The Hall–Kier alpha value is -1.41. The van der Waals surface area contributed by atoms with Crippen LogP contribution in [0.2, 0.25) is 0 Å². The second-order valence-electron chi connectivity index (χ2n) is 3.45. The van der Waals surface area contributed by atoms with Crippen LogP contribution in [0.5, 0.6) is 0 Å². The maximum Gasteiger partial charge on any atom is 0.465 e. The van der Waals surface area contributed by atoms with Gasteiger partial charge >= 0.3 is 24.0 Å². The molecule has 0 radical (unpaired) electrons. The first-order valence-corrected chi connectivity index (χ1v) is 4.92. The molecule has 106 valence electrons. The number of aliphatic carboxylic acids is 1. The topological polar surface area (TPSA) is 63.6 Å². The fraction of sp³-hybridized carbons (Fsp3) is 0.778. The molecule has 0 saturated heterocycles. The lowest BCUT2D eigenvalue weighted by Crippen LogP contribution is -2.47. The lowest BCUT2D eigenvalue weighted by Gasteiger charge is -2.20. The number of unbranched alkanes of at least 4 members (excludes halogenated alkanes) is 1. The SMILES string of the molecule is CCCCC(OC(=O)C(F)(F)C(F)(F)F)C(=O)O. The van der Waals surface area contributed by atoms with Gasteiger partial charge in [0.2, 0.25) is 0 Å².